The Morgan fingerprint density at radius 2 is 1.63 bits per heavy atom. The largest absolute Gasteiger partial charge is 0.342 e. The molecule has 0 atom stereocenters. The molecule has 2 fully saturated rings. The lowest BCUT2D eigenvalue weighted by Crippen LogP contribution is -2.47. The minimum Gasteiger partial charge on any atom is -0.342 e. The summed E-state index contributed by atoms with van der Waals surface area (Å²) in [7, 11) is 0. The highest BCUT2D eigenvalue weighted by molar-refractivity contribution is 5.80. The van der Waals surface area contributed by atoms with Crippen LogP contribution in [0.1, 0.15) is 57.1 Å². The molecule has 2 aliphatic heterocycles. The SMILES string of the molecule is CCCN(Cc1ccc(C)cc1)C(=O)CN1CCC(C(=O)N2CCC(C)CC2)CC1. The summed E-state index contributed by atoms with van der Waals surface area (Å²) in [6.07, 6.45) is 4.98. The zero-order chi connectivity index (χ0) is 21.5. The van der Waals surface area contributed by atoms with E-state index in [2.05, 4.69) is 54.8 Å². The van der Waals surface area contributed by atoms with Gasteiger partial charge >= 0.3 is 0 Å². The zero-order valence-corrected chi connectivity index (χ0v) is 19.1. The fourth-order valence-electron chi connectivity index (χ4n) is 4.59. The van der Waals surface area contributed by atoms with E-state index in [1.807, 2.05) is 4.90 Å². The average molecular weight is 414 g/mol. The van der Waals surface area contributed by atoms with Gasteiger partial charge in [0, 0.05) is 32.1 Å². The fourth-order valence-corrected chi connectivity index (χ4v) is 4.59. The molecular formula is C25H39N3O2. The molecule has 2 saturated heterocycles. The summed E-state index contributed by atoms with van der Waals surface area (Å²) in [6, 6.07) is 8.44. The summed E-state index contributed by atoms with van der Waals surface area (Å²) < 4.78 is 0. The first kappa shape index (κ1) is 22.8. The first-order valence-corrected chi connectivity index (χ1v) is 11.8. The standard InChI is InChI=1S/C25H39N3O2/c1-4-13-28(18-22-7-5-20(2)6-8-22)24(29)19-26-14-11-23(12-15-26)25(30)27-16-9-21(3)10-17-27/h5-8,21,23H,4,9-19H2,1-3H3. The van der Waals surface area contributed by atoms with E-state index in [1.54, 1.807) is 0 Å². The fraction of sp³-hybridized carbons (Fsp3) is 0.680. The third kappa shape index (κ3) is 6.31. The van der Waals surface area contributed by atoms with Crippen molar-refractivity contribution in [3.05, 3.63) is 35.4 Å². The third-order valence-corrected chi connectivity index (χ3v) is 6.73. The highest BCUT2D eigenvalue weighted by Gasteiger charge is 2.31. The lowest BCUT2D eigenvalue weighted by Gasteiger charge is -2.37. The van der Waals surface area contributed by atoms with Crippen molar-refractivity contribution in [2.45, 2.75) is 59.4 Å². The molecule has 30 heavy (non-hydrogen) atoms. The van der Waals surface area contributed by atoms with Crippen LogP contribution in [-0.2, 0) is 16.1 Å². The van der Waals surface area contributed by atoms with E-state index in [4.69, 9.17) is 0 Å². The van der Waals surface area contributed by atoms with Gasteiger partial charge in [0.1, 0.15) is 0 Å². The molecule has 1 aromatic rings. The number of likely N-dealkylation sites (tertiary alicyclic amines) is 2. The Morgan fingerprint density at radius 3 is 2.23 bits per heavy atom. The van der Waals surface area contributed by atoms with Crippen molar-refractivity contribution in [1.82, 2.24) is 14.7 Å². The molecule has 166 valence electrons. The smallest absolute Gasteiger partial charge is 0.237 e. The number of carbonyl (C=O) groups is 2. The van der Waals surface area contributed by atoms with Crippen LogP contribution in [0.5, 0.6) is 0 Å². The van der Waals surface area contributed by atoms with Crippen molar-refractivity contribution in [2.75, 3.05) is 39.3 Å². The minimum absolute atomic E-state index is 0.143. The normalized spacial score (nSPS) is 19.1. The number of nitrogens with zero attached hydrogens (tertiary/aromatic N) is 3. The summed E-state index contributed by atoms with van der Waals surface area (Å²) in [5, 5.41) is 0. The molecule has 0 saturated carbocycles. The number of piperidine rings is 2. The van der Waals surface area contributed by atoms with Crippen molar-refractivity contribution < 1.29 is 9.59 Å². The van der Waals surface area contributed by atoms with E-state index in [-0.39, 0.29) is 11.8 Å². The molecule has 5 nitrogen and oxygen atoms in total. The third-order valence-electron chi connectivity index (χ3n) is 6.73. The summed E-state index contributed by atoms with van der Waals surface area (Å²) in [4.78, 5) is 32.1. The number of aryl methyl sites for hydroxylation is 1. The number of rotatable bonds is 7. The Morgan fingerprint density at radius 1 is 1.00 bits per heavy atom. The molecule has 0 aliphatic carbocycles. The molecule has 5 heteroatoms. The van der Waals surface area contributed by atoms with E-state index in [0.717, 1.165) is 70.7 Å². The molecule has 0 unspecified atom stereocenters. The van der Waals surface area contributed by atoms with Crippen LogP contribution in [0.4, 0.5) is 0 Å². The highest BCUT2D eigenvalue weighted by atomic mass is 16.2. The Kier molecular flexibility index (Phi) is 8.32. The molecule has 2 amide bonds. The molecule has 2 aliphatic rings. The maximum atomic E-state index is 13.0. The molecule has 0 spiro atoms. The van der Waals surface area contributed by atoms with E-state index in [9.17, 15) is 9.59 Å². The molecule has 0 radical (unpaired) electrons. The first-order chi connectivity index (χ1) is 14.5. The second-order valence-corrected chi connectivity index (χ2v) is 9.36. The van der Waals surface area contributed by atoms with Crippen LogP contribution in [0.2, 0.25) is 0 Å². The topological polar surface area (TPSA) is 43.9 Å². The van der Waals surface area contributed by atoms with Gasteiger partial charge in [-0.25, -0.2) is 0 Å². The van der Waals surface area contributed by atoms with Crippen molar-refractivity contribution in [1.29, 1.82) is 0 Å². The van der Waals surface area contributed by atoms with Crippen LogP contribution in [0.25, 0.3) is 0 Å². The predicted molar refractivity (Wildman–Crippen MR) is 121 cm³/mol. The molecular weight excluding hydrogens is 374 g/mol. The molecule has 0 bridgehead atoms. The monoisotopic (exact) mass is 413 g/mol. The van der Waals surface area contributed by atoms with Crippen LogP contribution in [0.3, 0.4) is 0 Å². The van der Waals surface area contributed by atoms with Gasteiger partial charge in [0.05, 0.1) is 6.54 Å². The Hall–Kier alpha value is -1.88. The number of hydrogen-bond acceptors (Lipinski definition) is 3. The molecule has 1 aromatic carbocycles. The van der Waals surface area contributed by atoms with Gasteiger partial charge in [0.15, 0.2) is 0 Å². The predicted octanol–water partition coefficient (Wildman–Crippen LogP) is 3.70. The van der Waals surface area contributed by atoms with Crippen molar-refractivity contribution in [3.63, 3.8) is 0 Å². The lowest BCUT2D eigenvalue weighted by atomic mass is 9.92. The van der Waals surface area contributed by atoms with Crippen molar-refractivity contribution in [2.24, 2.45) is 11.8 Å². The average Bonchev–Trinajstić information content (AvgIpc) is 2.75. The summed E-state index contributed by atoms with van der Waals surface area (Å²) >= 11 is 0. The quantitative estimate of drug-likeness (QED) is 0.685. The van der Waals surface area contributed by atoms with Gasteiger partial charge in [0.2, 0.25) is 11.8 Å². The second-order valence-electron chi connectivity index (χ2n) is 9.36. The first-order valence-electron chi connectivity index (χ1n) is 11.8. The highest BCUT2D eigenvalue weighted by Crippen LogP contribution is 2.23. The summed E-state index contributed by atoms with van der Waals surface area (Å²) in [5.41, 5.74) is 2.42. The molecule has 0 N–H and O–H groups in total. The maximum Gasteiger partial charge on any atom is 0.237 e. The maximum absolute atomic E-state index is 13.0. The Balaban J connectivity index is 1.47. The zero-order valence-electron chi connectivity index (χ0n) is 19.1. The minimum atomic E-state index is 0.143. The van der Waals surface area contributed by atoms with Gasteiger partial charge in [-0.1, -0.05) is 43.7 Å². The molecule has 3 rings (SSSR count). The van der Waals surface area contributed by atoms with Crippen molar-refractivity contribution >= 4 is 11.8 Å². The van der Waals surface area contributed by atoms with Gasteiger partial charge in [0.25, 0.3) is 0 Å². The van der Waals surface area contributed by atoms with E-state index in [1.165, 1.54) is 11.1 Å². The lowest BCUT2D eigenvalue weighted by molar-refractivity contribution is -0.138. The molecule has 2 heterocycles. The number of hydrogen-bond donors (Lipinski definition) is 0. The van der Waals surface area contributed by atoms with Crippen molar-refractivity contribution in [3.8, 4) is 0 Å². The summed E-state index contributed by atoms with van der Waals surface area (Å²) in [6.45, 7) is 11.9. The Labute approximate surface area is 182 Å². The Bertz CT molecular complexity index is 687. The van der Waals surface area contributed by atoms with Crippen LogP contribution >= 0.6 is 0 Å². The van der Waals surface area contributed by atoms with Gasteiger partial charge in [-0.3, -0.25) is 14.5 Å². The van der Waals surface area contributed by atoms with Gasteiger partial charge in [-0.05, 0) is 63.6 Å². The van der Waals surface area contributed by atoms with Crippen LogP contribution in [0.15, 0.2) is 24.3 Å². The van der Waals surface area contributed by atoms with E-state index >= 15 is 0 Å². The summed E-state index contributed by atoms with van der Waals surface area (Å²) in [5.74, 6) is 1.43. The van der Waals surface area contributed by atoms with Crippen LogP contribution in [0, 0.1) is 18.8 Å². The van der Waals surface area contributed by atoms with Crippen LogP contribution in [-0.4, -0.2) is 65.8 Å². The number of amides is 2. The second kappa shape index (κ2) is 10.9. The van der Waals surface area contributed by atoms with Gasteiger partial charge in [-0.2, -0.15) is 0 Å². The number of benzene rings is 1. The molecule has 0 aromatic heterocycles. The van der Waals surface area contributed by atoms with Crippen LogP contribution < -0.4 is 0 Å². The van der Waals surface area contributed by atoms with E-state index in [0.29, 0.717) is 19.0 Å². The number of carbonyl (C=O) groups excluding carboxylic acids is 2. The van der Waals surface area contributed by atoms with Gasteiger partial charge < -0.3 is 9.80 Å². The van der Waals surface area contributed by atoms with Gasteiger partial charge in [-0.15, -0.1) is 0 Å². The van der Waals surface area contributed by atoms with E-state index < -0.39 is 0 Å².